The molecule has 0 saturated carbocycles. The predicted octanol–water partition coefficient (Wildman–Crippen LogP) is 13.5. The quantitative estimate of drug-likeness (QED) is 0.0452. The minimum absolute atomic E-state index is 0.0539. The zero-order valence-electron chi connectivity index (χ0n) is 33.9. The number of hydrogen-bond donors (Lipinski definition) is 0. The molecule has 1 aliphatic carbocycles. The maximum absolute atomic E-state index is 15.2. The highest BCUT2D eigenvalue weighted by atomic mass is 19.1. The minimum Gasteiger partial charge on any atom is -0.462 e. The Kier molecular flexibility index (Phi) is 11.1. The van der Waals surface area contributed by atoms with E-state index in [1.807, 2.05) is 12.1 Å². The van der Waals surface area contributed by atoms with Gasteiger partial charge in [-0.15, -0.1) is 0 Å². The molecule has 0 aromatic heterocycles. The molecule has 57 heavy (non-hydrogen) atoms. The van der Waals surface area contributed by atoms with Gasteiger partial charge in [-0.2, -0.15) is 0 Å². The second-order valence-corrected chi connectivity index (χ2v) is 17.0. The molecule has 0 saturated heterocycles. The topological polar surface area (TPSA) is 52.6 Å². The Labute approximate surface area is 334 Å². The maximum Gasteiger partial charge on any atom is 0.333 e. The van der Waals surface area contributed by atoms with E-state index in [4.69, 9.17) is 9.47 Å². The van der Waals surface area contributed by atoms with Crippen molar-refractivity contribution in [3.63, 3.8) is 0 Å². The van der Waals surface area contributed by atoms with Crippen LogP contribution in [-0.4, -0.2) is 25.2 Å². The highest BCUT2D eigenvalue weighted by Crippen LogP contribution is 2.56. The van der Waals surface area contributed by atoms with Gasteiger partial charge >= 0.3 is 11.9 Å². The Bertz CT molecular complexity index is 2480. The molecular formula is C51H52F2O4. The van der Waals surface area contributed by atoms with Crippen LogP contribution in [-0.2, 0) is 29.9 Å². The maximum atomic E-state index is 15.2. The predicted molar refractivity (Wildman–Crippen MR) is 229 cm³/mol. The third-order valence-corrected chi connectivity index (χ3v) is 11.9. The number of esters is 2. The zero-order chi connectivity index (χ0) is 40.6. The number of rotatable bonds is 15. The van der Waals surface area contributed by atoms with Crippen LogP contribution in [0.1, 0.15) is 103 Å². The lowest BCUT2D eigenvalue weighted by atomic mass is 9.69. The SMILES string of the molecule is C=C(C)C(=O)OCCCCCC1(CCCCCOC(=O)C(=C)C)c2cc(-c3ccc4ccc5c(F)cc(F)c6ccc3c4c56)ccc2-c2ccc(C(C)(C)C)cc21. The van der Waals surface area contributed by atoms with Crippen LogP contribution in [0, 0.1) is 11.6 Å². The van der Waals surface area contributed by atoms with Crippen molar-refractivity contribution in [3.05, 3.63) is 131 Å². The van der Waals surface area contributed by atoms with E-state index in [0.29, 0.717) is 40.5 Å². The Balaban J connectivity index is 1.31. The fraction of sp³-hybridized carbons (Fsp3) is 0.333. The summed E-state index contributed by atoms with van der Waals surface area (Å²) in [4.78, 5) is 24.1. The number of carbonyl (C=O) groups excluding carboxylic acids is 2. The average molecular weight is 767 g/mol. The van der Waals surface area contributed by atoms with Crippen molar-refractivity contribution >= 4 is 44.3 Å². The normalized spacial score (nSPS) is 13.2. The fourth-order valence-electron chi connectivity index (χ4n) is 8.85. The lowest BCUT2D eigenvalue weighted by Gasteiger charge is -2.34. The molecule has 0 atom stereocenters. The smallest absolute Gasteiger partial charge is 0.333 e. The molecule has 0 fully saturated rings. The van der Waals surface area contributed by atoms with E-state index in [0.717, 1.165) is 84.7 Å². The Hall–Kier alpha value is -5.36. The van der Waals surface area contributed by atoms with Gasteiger partial charge in [-0.05, 0) is 106 Å². The second-order valence-electron chi connectivity index (χ2n) is 17.0. The number of unbranched alkanes of at least 4 members (excludes halogenated alkanes) is 4. The molecule has 7 rings (SSSR count). The molecule has 6 aromatic rings. The van der Waals surface area contributed by atoms with Crippen LogP contribution in [0.25, 0.3) is 54.6 Å². The first-order valence-electron chi connectivity index (χ1n) is 20.2. The molecule has 0 spiro atoms. The van der Waals surface area contributed by atoms with Gasteiger partial charge in [-0.25, -0.2) is 18.4 Å². The highest BCUT2D eigenvalue weighted by molar-refractivity contribution is 6.25. The van der Waals surface area contributed by atoms with Crippen LogP contribution < -0.4 is 0 Å². The third kappa shape index (κ3) is 7.59. The number of ether oxygens (including phenoxy) is 2. The van der Waals surface area contributed by atoms with Crippen molar-refractivity contribution in [1.29, 1.82) is 0 Å². The first-order chi connectivity index (χ1) is 27.2. The molecule has 0 bridgehead atoms. The summed E-state index contributed by atoms with van der Waals surface area (Å²) in [6, 6.07) is 26.4. The van der Waals surface area contributed by atoms with Gasteiger partial charge in [-0.1, -0.05) is 126 Å². The summed E-state index contributed by atoms with van der Waals surface area (Å²) < 4.78 is 41.2. The zero-order valence-corrected chi connectivity index (χ0v) is 33.9. The lowest BCUT2D eigenvalue weighted by molar-refractivity contribution is -0.139. The van der Waals surface area contributed by atoms with E-state index in [9.17, 15) is 9.59 Å². The van der Waals surface area contributed by atoms with Crippen molar-refractivity contribution in [3.8, 4) is 22.3 Å². The van der Waals surface area contributed by atoms with Crippen LogP contribution >= 0.6 is 0 Å². The molecule has 0 amide bonds. The Morgan fingerprint density at radius 1 is 0.596 bits per heavy atom. The summed E-state index contributed by atoms with van der Waals surface area (Å²) in [7, 11) is 0. The van der Waals surface area contributed by atoms with E-state index in [1.165, 1.54) is 27.8 Å². The largest absolute Gasteiger partial charge is 0.462 e. The van der Waals surface area contributed by atoms with Gasteiger partial charge in [0.2, 0.25) is 0 Å². The van der Waals surface area contributed by atoms with Crippen molar-refractivity contribution in [2.75, 3.05) is 13.2 Å². The summed E-state index contributed by atoms with van der Waals surface area (Å²) in [5.41, 5.74) is 8.89. The van der Waals surface area contributed by atoms with Crippen molar-refractivity contribution in [1.82, 2.24) is 0 Å². The summed E-state index contributed by atoms with van der Waals surface area (Å²) >= 11 is 0. The van der Waals surface area contributed by atoms with Crippen LogP contribution in [0.3, 0.4) is 0 Å². The molecular weight excluding hydrogens is 715 g/mol. The van der Waals surface area contributed by atoms with Crippen LogP contribution in [0.5, 0.6) is 0 Å². The molecule has 0 aliphatic heterocycles. The highest BCUT2D eigenvalue weighted by Gasteiger charge is 2.43. The first-order valence-corrected chi connectivity index (χ1v) is 20.2. The van der Waals surface area contributed by atoms with Gasteiger partial charge in [0.25, 0.3) is 0 Å². The first kappa shape index (κ1) is 39.9. The van der Waals surface area contributed by atoms with Gasteiger partial charge < -0.3 is 9.47 Å². The minimum atomic E-state index is -0.558. The third-order valence-electron chi connectivity index (χ3n) is 11.9. The van der Waals surface area contributed by atoms with Gasteiger partial charge in [0.15, 0.2) is 0 Å². The standard InChI is InChI=1S/C51H52F2O4/c1-31(2)48(54)56-26-12-8-10-24-51(25-11-9-13-27-57-49(55)32(3)4)42-28-34(16-19-37(42)38-21-17-35(29-43(38)51)50(5,6)7)36-18-14-33-15-20-40-44(52)30-45(53)41-23-22-39(36)46(33)47(40)41/h14-23,28-30H,1,3,8-13,24-27H2,2,4-7H3. The number of halogens is 2. The Morgan fingerprint density at radius 2 is 1.11 bits per heavy atom. The van der Waals surface area contributed by atoms with Crippen LogP contribution in [0.4, 0.5) is 8.78 Å². The summed E-state index contributed by atoms with van der Waals surface area (Å²) in [5, 5.41) is 4.22. The molecule has 1 aliphatic rings. The molecule has 0 radical (unpaired) electrons. The summed E-state index contributed by atoms with van der Waals surface area (Å²) in [5.74, 6) is -1.83. The molecule has 0 N–H and O–H groups in total. The fourth-order valence-corrected chi connectivity index (χ4v) is 8.85. The number of benzene rings is 6. The number of fused-ring (bicyclic) bond motifs is 3. The molecule has 4 nitrogen and oxygen atoms in total. The molecule has 0 heterocycles. The van der Waals surface area contributed by atoms with Gasteiger partial charge in [0, 0.05) is 38.8 Å². The van der Waals surface area contributed by atoms with Crippen molar-refractivity contribution < 1.29 is 27.8 Å². The monoisotopic (exact) mass is 766 g/mol. The lowest BCUT2D eigenvalue weighted by Crippen LogP contribution is -2.26. The number of carbonyl (C=O) groups is 2. The van der Waals surface area contributed by atoms with Crippen molar-refractivity contribution in [2.45, 2.75) is 96.8 Å². The van der Waals surface area contributed by atoms with E-state index in [1.54, 1.807) is 26.0 Å². The van der Waals surface area contributed by atoms with E-state index in [2.05, 4.69) is 82.5 Å². The second kappa shape index (κ2) is 15.9. The Morgan fingerprint density at radius 3 is 1.68 bits per heavy atom. The molecule has 6 heteroatoms. The molecule has 6 aromatic carbocycles. The molecule has 0 unspecified atom stereocenters. The van der Waals surface area contributed by atoms with E-state index < -0.39 is 11.6 Å². The average Bonchev–Trinajstić information content (AvgIpc) is 3.44. The summed E-state index contributed by atoms with van der Waals surface area (Å²) in [6.45, 7) is 18.2. The van der Waals surface area contributed by atoms with Crippen LogP contribution in [0.2, 0.25) is 0 Å². The molecule has 294 valence electrons. The van der Waals surface area contributed by atoms with Gasteiger partial charge in [0.1, 0.15) is 11.6 Å². The van der Waals surface area contributed by atoms with Crippen molar-refractivity contribution in [2.24, 2.45) is 0 Å². The number of hydrogen-bond acceptors (Lipinski definition) is 4. The van der Waals surface area contributed by atoms with E-state index >= 15 is 8.78 Å². The van der Waals surface area contributed by atoms with Crippen LogP contribution in [0.15, 0.2) is 103 Å². The van der Waals surface area contributed by atoms with Gasteiger partial charge in [-0.3, -0.25) is 0 Å². The van der Waals surface area contributed by atoms with E-state index in [-0.39, 0.29) is 22.8 Å². The van der Waals surface area contributed by atoms with Gasteiger partial charge in [0.05, 0.1) is 13.2 Å². The summed E-state index contributed by atoms with van der Waals surface area (Å²) in [6.07, 6.45) is 6.98.